The summed E-state index contributed by atoms with van der Waals surface area (Å²) in [6.07, 6.45) is 3.75. The Bertz CT molecular complexity index is 457. The van der Waals surface area contributed by atoms with E-state index in [1.54, 1.807) is 0 Å². The summed E-state index contributed by atoms with van der Waals surface area (Å²) in [5, 5.41) is 0. The van der Waals surface area contributed by atoms with Gasteiger partial charge in [0.15, 0.2) is 0 Å². The Balaban J connectivity index is -0.0000000383. The first-order valence-corrected chi connectivity index (χ1v) is 10.3. The van der Waals surface area contributed by atoms with Crippen molar-refractivity contribution in [3.05, 3.63) is 24.5 Å². The number of aromatic amines is 1. The number of nitrogens with one attached hydrogen (secondary N) is 1. The SMILES string of the molecule is O=P([O-])([O-])[O-].O=P([O-])([O-])[O-].O=P([O-])([O-])[O-].O=P([O-])([O-])[O-].[W+4].[W+4].[W+4].c1cc[nH]c1. The van der Waals surface area contributed by atoms with Gasteiger partial charge in [0.1, 0.15) is 0 Å². The molecule has 28 heavy (non-hydrogen) atoms. The fourth-order valence-electron chi connectivity index (χ4n) is 0.278. The Morgan fingerprint density at radius 2 is 0.536 bits per heavy atom. The van der Waals surface area contributed by atoms with E-state index in [-0.39, 0.29) is 63.2 Å². The summed E-state index contributed by atoms with van der Waals surface area (Å²) in [6, 6.07) is 3.89. The molecule has 1 N–H and O–H groups in total. The minimum absolute atomic E-state index is 0. The Morgan fingerprint density at radius 3 is 0.571 bits per heavy atom. The molecule has 24 heteroatoms. The number of hydrogen-bond donors (Lipinski definition) is 1. The van der Waals surface area contributed by atoms with Crippen molar-refractivity contribution in [3.63, 3.8) is 0 Å². The molecule has 0 aliphatic carbocycles. The van der Waals surface area contributed by atoms with Crippen molar-refractivity contribution < 1.29 is 140 Å². The number of rotatable bonds is 0. The van der Waals surface area contributed by atoms with Crippen LogP contribution in [0.1, 0.15) is 0 Å². The van der Waals surface area contributed by atoms with Gasteiger partial charge in [0.05, 0.1) is 0 Å². The molecule has 1 heterocycles. The van der Waals surface area contributed by atoms with Crippen molar-refractivity contribution in [2.45, 2.75) is 0 Å². The molecule has 0 bridgehead atoms. The molecule has 0 saturated heterocycles. The molecule has 1 aromatic rings. The molecule has 0 atom stereocenters. The average molecular weight is 998 g/mol. The van der Waals surface area contributed by atoms with Gasteiger partial charge >= 0.3 is 63.2 Å². The van der Waals surface area contributed by atoms with Crippen molar-refractivity contribution in [2.24, 2.45) is 0 Å². The van der Waals surface area contributed by atoms with E-state index < -0.39 is 31.3 Å². The molecule has 1 rings (SSSR count). The Labute approximate surface area is 200 Å². The average Bonchev–Trinajstić information content (AvgIpc) is 2.59. The van der Waals surface area contributed by atoms with Crippen molar-refractivity contribution >= 4 is 31.3 Å². The molecule has 0 unspecified atom stereocenters. The molecule has 1 aromatic heterocycles. The van der Waals surface area contributed by atoms with Gasteiger partial charge in [-0.25, -0.2) is 0 Å². The molecule has 0 saturated carbocycles. The summed E-state index contributed by atoms with van der Waals surface area (Å²) in [5.41, 5.74) is 0. The Morgan fingerprint density at radius 1 is 0.429 bits per heavy atom. The van der Waals surface area contributed by atoms with Gasteiger partial charge < -0.3 is 82.0 Å². The zero-order valence-corrected chi connectivity index (χ0v) is 24.7. The summed E-state index contributed by atoms with van der Waals surface area (Å²) in [4.78, 5) is 105. The monoisotopic (exact) mass is 999 g/mol. The van der Waals surface area contributed by atoms with Crippen LogP contribution < -0.4 is 58.7 Å². The fraction of sp³-hybridized carbons (Fsp3) is 0. The van der Waals surface area contributed by atoms with Crippen LogP contribution in [0.3, 0.4) is 0 Å². The molecule has 0 aliphatic rings. The first-order valence-electron chi connectivity index (χ1n) is 4.50. The smallest absolute Gasteiger partial charge is 0.822 e. The van der Waals surface area contributed by atoms with Crippen LogP contribution in [0.2, 0.25) is 0 Å². The van der Waals surface area contributed by atoms with E-state index in [0.717, 1.165) is 0 Å². The van der Waals surface area contributed by atoms with E-state index in [9.17, 15) is 0 Å². The zero-order valence-electron chi connectivity index (χ0n) is 12.4. The van der Waals surface area contributed by atoms with E-state index in [2.05, 4.69) is 4.98 Å². The van der Waals surface area contributed by atoms with Crippen LogP contribution in [0.25, 0.3) is 0 Å². The van der Waals surface area contributed by atoms with Crippen LogP contribution in [0.4, 0.5) is 0 Å². The van der Waals surface area contributed by atoms with Crippen LogP contribution in [0.15, 0.2) is 24.5 Å². The number of phosphoric acid groups is 4. The summed E-state index contributed by atoms with van der Waals surface area (Å²) < 4.78 is 34.2. The summed E-state index contributed by atoms with van der Waals surface area (Å²) >= 11 is 0. The molecule has 0 aliphatic heterocycles. The van der Waals surface area contributed by atoms with E-state index >= 15 is 0 Å². The maximum Gasteiger partial charge on any atom is 4.00 e. The van der Waals surface area contributed by atoms with Crippen molar-refractivity contribution in [1.29, 1.82) is 0 Å². The van der Waals surface area contributed by atoms with Gasteiger partial charge in [0.25, 0.3) is 0 Å². The molecule has 0 aromatic carbocycles. The van der Waals surface area contributed by atoms with E-state index in [1.165, 1.54) is 0 Å². The molecular weight excluding hydrogens is 993 g/mol. The first kappa shape index (κ1) is 47.5. The molecule has 0 amide bonds. The molecule has 160 valence electrons. The summed E-state index contributed by atoms with van der Waals surface area (Å²) in [6.45, 7) is 0. The molecule has 0 radical (unpaired) electrons. The van der Waals surface area contributed by atoms with Crippen LogP contribution in [-0.2, 0) is 81.5 Å². The maximum absolute atomic E-state index is 8.55. The van der Waals surface area contributed by atoms with Gasteiger partial charge in [-0.2, -0.15) is 31.3 Å². The van der Waals surface area contributed by atoms with Gasteiger partial charge in [-0.3, -0.25) is 0 Å². The largest absolute Gasteiger partial charge is 4.00 e. The van der Waals surface area contributed by atoms with E-state index in [4.69, 9.17) is 77.0 Å². The second kappa shape index (κ2) is 23.4. The van der Waals surface area contributed by atoms with Gasteiger partial charge in [-0.15, -0.1) is 0 Å². The van der Waals surface area contributed by atoms with Crippen LogP contribution >= 0.6 is 31.3 Å². The van der Waals surface area contributed by atoms with Crippen LogP contribution in [0, 0.1) is 0 Å². The van der Waals surface area contributed by atoms with Crippen LogP contribution in [-0.4, -0.2) is 4.98 Å². The standard InChI is InChI=1S/C4H5N.4H3O4P.3W/c1-2-4-5-3-1;4*1-5(2,3)4;;;/h1-5H;4*(H3,1,2,3,4);;;/q;;;;;3*+4/p-12. The Hall–Kier alpha value is 1.78. The molecular formula is C4H5NO16P4W3. The van der Waals surface area contributed by atoms with Crippen molar-refractivity contribution in [2.75, 3.05) is 0 Å². The minimum Gasteiger partial charge on any atom is -0.822 e. The second-order valence-corrected chi connectivity index (χ2v) is 6.25. The zero-order chi connectivity index (χ0) is 21.5. The third-order valence-electron chi connectivity index (χ3n) is 0.496. The molecule has 17 nitrogen and oxygen atoms in total. The van der Waals surface area contributed by atoms with E-state index in [0.29, 0.717) is 0 Å². The van der Waals surface area contributed by atoms with Gasteiger partial charge in [-0.1, -0.05) is 0 Å². The third-order valence-corrected chi connectivity index (χ3v) is 0.496. The predicted octanol–water partition coefficient (Wildman–Crippen LogP) is -10.3. The topological polar surface area (TPSA) is 361 Å². The predicted molar refractivity (Wildman–Crippen MR) is 51.2 cm³/mol. The second-order valence-electron chi connectivity index (χ2n) is 2.67. The van der Waals surface area contributed by atoms with Gasteiger partial charge in [0, 0.05) is 12.4 Å². The Kier molecular flexibility index (Phi) is 39.8. The molecule has 0 spiro atoms. The first-order chi connectivity index (χ1) is 10.5. The quantitative estimate of drug-likeness (QED) is 0.236. The number of H-pyrrole nitrogens is 1. The van der Waals surface area contributed by atoms with Crippen molar-refractivity contribution in [3.8, 4) is 0 Å². The minimum atomic E-state index is -5.39. The van der Waals surface area contributed by atoms with Crippen molar-refractivity contribution in [1.82, 2.24) is 4.98 Å². The third kappa shape index (κ3) is 433. The van der Waals surface area contributed by atoms with E-state index in [1.807, 2.05) is 24.5 Å². The normalized spacial score (nSPS) is 9.86. The van der Waals surface area contributed by atoms with Crippen LogP contribution in [0.5, 0.6) is 0 Å². The summed E-state index contributed by atoms with van der Waals surface area (Å²) in [7, 11) is -21.6. The van der Waals surface area contributed by atoms with Gasteiger partial charge in [-0.05, 0) is 12.1 Å². The maximum atomic E-state index is 8.55. The number of hydrogen-bond acceptors (Lipinski definition) is 16. The summed E-state index contributed by atoms with van der Waals surface area (Å²) in [5.74, 6) is 0. The number of aromatic nitrogens is 1. The molecule has 0 fully saturated rings. The fourth-order valence-corrected chi connectivity index (χ4v) is 0.278. The van der Waals surface area contributed by atoms with Gasteiger partial charge in [0.2, 0.25) is 0 Å².